The highest BCUT2D eigenvalue weighted by atomic mass is 16.6. The lowest BCUT2D eigenvalue weighted by Crippen LogP contribution is -2.46. The van der Waals surface area contributed by atoms with E-state index in [1.807, 2.05) is 20.8 Å². The first-order valence-electron chi connectivity index (χ1n) is 7.41. The maximum atomic E-state index is 11.6. The maximum absolute atomic E-state index is 11.6. The van der Waals surface area contributed by atoms with Crippen LogP contribution in [0.3, 0.4) is 0 Å². The minimum Gasteiger partial charge on any atom is -0.444 e. The van der Waals surface area contributed by atoms with Gasteiger partial charge in [0.25, 0.3) is 0 Å². The Balaban J connectivity index is 2.09. The normalized spacial score (nSPS) is 23.7. The highest BCUT2D eigenvalue weighted by Crippen LogP contribution is 2.32. The molecule has 0 saturated heterocycles. The smallest absolute Gasteiger partial charge is 0.407 e. The first kappa shape index (κ1) is 16.1. The minimum atomic E-state index is -0.406. The summed E-state index contributed by atoms with van der Waals surface area (Å²) in [5, 5.41) is 2.94. The summed E-state index contributed by atoms with van der Waals surface area (Å²) < 4.78 is 5.25. The molecule has 1 amide bonds. The van der Waals surface area contributed by atoms with Crippen molar-refractivity contribution in [3.05, 3.63) is 11.6 Å². The number of alkyl carbamates (subject to hydrolysis) is 1. The quantitative estimate of drug-likeness (QED) is 0.748. The van der Waals surface area contributed by atoms with Gasteiger partial charge in [-0.05, 0) is 72.6 Å². The van der Waals surface area contributed by atoms with Crippen LogP contribution in [0.25, 0.3) is 0 Å². The van der Waals surface area contributed by atoms with E-state index < -0.39 is 5.60 Å². The van der Waals surface area contributed by atoms with Gasteiger partial charge in [-0.25, -0.2) is 4.79 Å². The van der Waals surface area contributed by atoms with Crippen LogP contribution in [-0.4, -0.2) is 17.7 Å². The largest absolute Gasteiger partial charge is 0.444 e. The topological polar surface area (TPSA) is 38.3 Å². The third-order valence-electron chi connectivity index (χ3n) is 3.63. The molecule has 0 aromatic carbocycles. The Hall–Kier alpha value is -0.990. The molecule has 0 unspecified atom stereocenters. The molecule has 0 aliphatic heterocycles. The summed E-state index contributed by atoms with van der Waals surface area (Å²) >= 11 is 0. The number of hydrogen-bond acceptors (Lipinski definition) is 2. The van der Waals surface area contributed by atoms with E-state index in [-0.39, 0.29) is 6.09 Å². The average molecular weight is 267 g/mol. The summed E-state index contributed by atoms with van der Waals surface area (Å²) in [6.45, 7) is 9.95. The highest BCUT2D eigenvalue weighted by Gasteiger charge is 2.30. The predicted octanol–water partition coefficient (Wildman–Crippen LogP) is 4.43. The van der Waals surface area contributed by atoms with Gasteiger partial charge in [0.15, 0.2) is 0 Å². The van der Waals surface area contributed by atoms with Gasteiger partial charge in [-0.3, -0.25) is 0 Å². The van der Waals surface area contributed by atoms with E-state index in [2.05, 4.69) is 25.2 Å². The standard InChI is InChI=1S/C16H29NO2/c1-6-12(2)8-7-9-13-10-14(11-13)17-15(18)19-16(3,4)5/h6,13-14H,7-11H2,1-5H3,(H,17,18)/b12-6+/t13-,14-. The van der Waals surface area contributed by atoms with Crippen molar-refractivity contribution in [1.29, 1.82) is 0 Å². The van der Waals surface area contributed by atoms with E-state index in [4.69, 9.17) is 4.74 Å². The summed E-state index contributed by atoms with van der Waals surface area (Å²) in [5.41, 5.74) is 1.07. The van der Waals surface area contributed by atoms with Crippen LogP contribution in [0.15, 0.2) is 11.6 Å². The first-order chi connectivity index (χ1) is 8.80. The molecule has 1 saturated carbocycles. The molecule has 1 aliphatic rings. The zero-order valence-electron chi connectivity index (χ0n) is 13.1. The molecule has 3 heteroatoms. The minimum absolute atomic E-state index is 0.277. The van der Waals surface area contributed by atoms with Crippen molar-refractivity contribution in [3.8, 4) is 0 Å². The number of allylic oxidation sites excluding steroid dienone is 2. The molecule has 1 fully saturated rings. The van der Waals surface area contributed by atoms with Crippen molar-refractivity contribution in [2.24, 2.45) is 5.92 Å². The van der Waals surface area contributed by atoms with Gasteiger partial charge >= 0.3 is 6.09 Å². The van der Waals surface area contributed by atoms with Gasteiger partial charge in [-0.1, -0.05) is 11.6 Å². The fraction of sp³-hybridized carbons (Fsp3) is 0.812. The Bertz CT molecular complexity index is 322. The molecule has 3 nitrogen and oxygen atoms in total. The number of amides is 1. The fourth-order valence-electron chi connectivity index (χ4n) is 2.38. The molecule has 0 atom stereocenters. The van der Waals surface area contributed by atoms with E-state index in [0.717, 1.165) is 18.8 Å². The van der Waals surface area contributed by atoms with Crippen molar-refractivity contribution in [1.82, 2.24) is 5.32 Å². The molecule has 0 aromatic heterocycles. The van der Waals surface area contributed by atoms with Gasteiger partial charge in [0.05, 0.1) is 0 Å². The summed E-state index contributed by atoms with van der Waals surface area (Å²) in [7, 11) is 0. The zero-order chi connectivity index (χ0) is 14.5. The zero-order valence-corrected chi connectivity index (χ0v) is 13.1. The Morgan fingerprint density at radius 3 is 2.53 bits per heavy atom. The summed E-state index contributed by atoms with van der Waals surface area (Å²) in [6.07, 6.45) is 7.87. The molecule has 1 rings (SSSR count). The number of nitrogens with one attached hydrogen (secondary N) is 1. The monoisotopic (exact) mass is 267 g/mol. The third kappa shape index (κ3) is 6.65. The predicted molar refractivity (Wildman–Crippen MR) is 79.2 cm³/mol. The summed E-state index contributed by atoms with van der Waals surface area (Å²) in [6, 6.07) is 0.322. The Morgan fingerprint density at radius 2 is 2.00 bits per heavy atom. The Morgan fingerprint density at radius 1 is 1.37 bits per heavy atom. The van der Waals surface area contributed by atoms with E-state index in [1.54, 1.807) is 0 Å². The first-order valence-corrected chi connectivity index (χ1v) is 7.41. The molecule has 0 aromatic rings. The number of rotatable bonds is 5. The van der Waals surface area contributed by atoms with E-state index in [1.165, 1.54) is 24.8 Å². The van der Waals surface area contributed by atoms with Crippen molar-refractivity contribution in [2.75, 3.05) is 0 Å². The summed E-state index contributed by atoms with van der Waals surface area (Å²) in [5.74, 6) is 0.782. The lowest BCUT2D eigenvalue weighted by Gasteiger charge is -2.36. The molecule has 0 spiro atoms. The molecule has 1 N–H and O–H groups in total. The summed E-state index contributed by atoms with van der Waals surface area (Å²) in [4.78, 5) is 11.6. The van der Waals surface area contributed by atoms with Crippen LogP contribution in [0.1, 0.15) is 66.7 Å². The van der Waals surface area contributed by atoms with E-state index in [9.17, 15) is 4.79 Å². The van der Waals surface area contributed by atoms with Gasteiger partial charge in [0.1, 0.15) is 5.60 Å². The van der Waals surface area contributed by atoms with Gasteiger partial charge in [0.2, 0.25) is 0 Å². The van der Waals surface area contributed by atoms with E-state index >= 15 is 0 Å². The molecule has 0 heterocycles. The van der Waals surface area contributed by atoms with Crippen molar-refractivity contribution in [3.63, 3.8) is 0 Å². The second kappa shape index (κ2) is 6.97. The Kier molecular flexibility index (Phi) is 5.89. The number of ether oxygens (including phenoxy) is 1. The van der Waals surface area contributed by atoms with Crippen LogP contribution < -0.4 is 5.32 Å². The maximum Gasteiger partial charge on any atom is 0.407 e. The molecule has 110 valence electrons. The van der Waals surface area contributed by atoms with Crippen LogP contribution in [0.5, 0.6) is 0 Å². The number of carbonyl (C=O) groups excluding carboxylic acids is 1. The SMILES string of the molecule is C/C=C(\C)CCC[C@H]1C[C@H](NC(=O)OC(C)(C)C)C1. The van der Waals surface area contributed by atoms with E-state index in [0.29, 0.717) is 6.04 Å². The lowest BCUT2D eigenvalue weighted by atomic mass is 9.77. The number of carbonyl (C=O) groups is 1. The average Bonchev–Trinajstić information content (AvgIpc) is 2.22. The van der Waals surface area contributed by atoms with Crippen molar-refractivity contribution >= 4 is 6.09 Å². The van der Waals surface area contributed by atoms with Crippen LogP contribution in [0.2, 0.25) is 0 Å². The van der Waals surface area contributed by atoms with Crippen molar-refractivity contribution in [2.45, 2.75) is 78.4 Å². The van der Waals surface area contributed by atoms with Crippen LogP contribution in [0, 0.1) is 5.92 Å². The number of hydrogen-bond donors (Lipinski definition) is 1. The lowest BCUT2D eigenvalue weighted by molar-refractivity contribution is 0.0449. The van der Waals surface area contributed by atoms with Gasteiger partial charge in [-0.2, -0.15) is 0 Å². The molecular formula is C16H29NO2. The highest BCUT2D eigenvalue weighted by molar-refractivity contribution is 5.68. The molecule has 0 bridgehead atoms. The second-order valence-electron chi connectivity index (χ2n) is 6.71. The van der Waals surface area contributed by atoms with Crippen molar-refractivity contribution < 1.29 is 9.53 Å². The van der Waals surface area contributed by atoms with Crippen LogP contribution in [-0.2, 0) is 4.74 Å². The second-order valence-corrected chi connectivity index (χ2v) is 6.71. The molecule has 1 aliphatic carbocycles. The molecule has 0 radical (unpaired) electrons. The van der Waals surface area contributed by atoms with Crippen LogP contribution >= 0.6 is 0 Å². The Labute approximate surface area is 117 Å². The van der Waals surface area contributed by atoms with Gasteiger partial charge < -0.3 is 10.1 Å². The molecule has 19 heavy (non-hydrogen) atoms. The van der Waals surface area contributed by atoms with Gasteiger partial charge in [0, 0.05) is 6.04 Å². The van der Waals surface area contributed by atoms with Gasteiger partial charge in [-0.15, -0.1) is 0 Å². The fourth-order valence-corrected chi connectivity index (χ4v) is 2.38. The third-order valence-corrected chi connectivity index (χ3v) is 3.63. The molecular weight excluding hydrogens is 238 g/mol. The van der Waals surface area contributed by atoms with Crippen LogP contribution in [0.4, 0.5) is 4.79 Å².